The van der Waals surface area contributed by atoms with Crippen molar-refractivity contribution in [3.8, 4) is 11.3 Å². The number of fused-ring (bicyclic) bond motifs is 2. The van der Waals surface area contributed by atoms with Crippen molar-refractivity contribution in [2.45, 2.75) is 6.92 Å². The van der Waals surface area contributed by atoms with Crippen molar-refractivity contribution < 1.29 is 0 Å². The van der Waals surface area contributed by atoms with Gasteiger partial charge in [-0.3, -0.25) is 0 Å². The van der Waals surface area contributed by atoms with Crippen molar-refractivity contribution in [3.05, 3.63) is 78.4 Å². The first-order valence-corrected chi connectivity index (χ1v) is 7.17. The quantitative estimate of drug-likeness (QED) is 0.453. The van der Waals surface area contributed by atoms with Crippen LogP contribution in [0.4, 0.5) is 0 Å². The fourth-order valence-corrected chi connectivity index (χ4v) is 2.83. The Balaban J connectivity index is 2.01. The average molecular weight is 269 g/mol. The van der Waals surface area contributed by atoms with Crippen LogP contribution in [0.5, 0.6) is 0 Å². The third-order valence-electron chi connectivity index (χ3n) is 3.91. The number of nitrogens with zero attached hydrogens (tertiary/aromatic N) is 1. The van der Waals surface area contributed by atoms with Gasteiger partial charge in [-0.25, -0.2) is 4.98 Å². The molecule has 0 N–H and O–H groups in total. The van der Waals surface area contributed by atoms with Crippen LogP contribution in [0.15, 0.2) is 72.8 Å². The molecule has 0 aliphatic heterocycles. The van der Waals surface area contributed by atoms with Crippen molar-refractivity contribution in [1.82, 2.24) is 4.98 Å². The molecule has 100 valence electrons. The Bertz CT molecular complexity index is 954. The Labute approximate surface area is 123 Å². The SMILES string of the molecule is Cc1ccc2cccc(-c3ccc4ccccc4n3)c2c1. The summed E-state index contributed by atoms with van der Waals surface area (Å²) in [4.78, 5) is 4.83. The van der Waals surface area contributed by atoms with E-state index < -0.39 is 0 Å². The lowest BCUT2D eigenvalue weighted by atomic mass is 9.99. The number of para-hydroxylation sites is 1. The van der Waals surface area contributed by atoms with E-state index >= 15 is 0 Å². The normalized spacial score (nSPS) is 11.1. The predicted molar refractivity (Wildman–Crippen MR) is 89.4 cm³/mol. The van der Waals surface area contributed by atoms with Gasteiger partial charge in [-0.2, -0.15) is 0 Å². The van der Waals surface area contributed by atoms with Gasteiger partial charge in [0.15, 0.2) is 0 Å². The first-order valence-electron chi connectivity index (χ1n) is 7.17. The summed E-state index contributed by atoms with van der Waals surface area (Å²) in [6.07, 6.45) is 0. The van der Waals surface area contributed by atoms with Gasteiger partial charge >= 0.3 is 0 Å². The fourth-order valence-electron chi connectivity index (χ4n) is 2.83. The van der Waals surface area contributed by atoms with Gasteiger partial charge in [-0.05, 0) is 29.8 Å². The molecule has 0 fully saturated rings. The van der Waals surface area contributed by atoms with Crippen LogP contribution in [-0.2, 0) is 0 Å². The highest BCUT2D eigenvalue weighted by Crippen LogP contribution is 2.29. The molecule has 1 nitrogen and oxygen atoms in total. The zero-order valence-corrected chi connectivity index (χ0v) is 11.9. The van der Waals surface area contributed by atoms with E-state index in [4.69, 9.17) is 4.98 Å². The Morgan fingerprint density at radius 2 is 1.52 bits per heavy atom. The Morgan fingerprint density at radius 3 is 2.48 bits per heavy atom. The van der Waals surface area contributed by atoms with E-state index in [1.54, 1.807) is 0 Å². The van der Waals surface area contributed by atoms with Gasteiger partial charge in [0.2, 0.25) is 0 Å². The topological polar surface area (TPSA) is 12.9 Å². The minimum Gasteiger partial charge on any atom is -0.248 e. The maximum Gasteiger partial charge on any atom is 0.0715 e. The van der Waals surface area contributed by atoms with Gasteiger partial charge in [0.1, 0.15) is 0 Å². The van der Waals surface area contributed by atoms with Crippen molar-refractivity contribution in [2.24, 2.45) is 0 Å². The van der Waals surface area contributed by atoms with Crippen LogP contribution in [0, 0.1) is 6.92 Å². The molecule has 0 atom stereocenters. The lowest BCUT2D eigenvalue weighted by Gasteiger charge is -2.08. The van der Waals surface area contributed by atoms with E-state index in [2.05, 4.69) is 67.6 Å². The minimum atomic E-state index is 1.03. The molecule has 1 heteroatoms. The lowest BCUT2D eigenvalue weighted by molar-refractivity contribution is 1.41. The van der Waals surface area contributed by atoms with Gasteiger partial charge in [-0.15, -0.1) is 0 Å². The molecule has 3 aromatic carbocycles. The molecule has 0 bridgehead atoms. The van der Waals surface area contributed by atoms with Gasteiger partial charge in [0, 0.05) is 10.9 Å². The number of rotatable bonds is 1. The minimum absolute atomic E-state index is 1.03. The molecule has 0 aliphatic carbocycles. The Morgan fingerprint density at radius 1 is 0.714 bits per heavy atom. The highest BCUT2D eigenvalue weighted by Gasteiger charge is 2.06. The van der Waals surface area contributed by atoms with E-state index in [1.165, 1.54) is 27.3 Å². The summed E-state index contributed by atoms with van der Waals surface area (Å²) in [5, 5.41) is 3.70. The number of benzene rings is 3. The maximum atomic E-state index is 4.83. The van der Waals surface area contributed by atoms with Crippen molar-refractivity contribution in [3.63, 3.8) is 0 Å². The van der Waals surface area contributed by atoms with Crippen LogP contribution in [0.2, 0.25) is 0 Å². The molecule has 0 radical (unpaired) electrons. The molecule has 0 aliphatic rings. The molecule has 0 unspecified atom stereocenters. The zero-order chi connectivity index (χ0) is 14.2. The summed E-state index contributed by atoms with van der Waals surface area (Å²) in [6, 6.07) is 25.5. The molecule has 4 rings (SSSR count). The van der Waals surface area contributed by atoms with Crippen LogP contribution in [0.1, 0.15) is 5.56 Å². The second-order valence-electron chi connectivity index (χ2n) is 5.42. The summed E-state index contributed by atoms with van der Waals surface area (Å²) >= 11 is 0. The largest absolute Gasteiger partial charge is 0.248 e. The smallest absolute Gasteiger partial charge is 0.0715 e. The van der Waals surface area contributed by atoms with E-state index in [0.717, 1.165) is 11.2 Å². The highest BCUT2D eigenvalue weighted by atomic mass is 14.7. The molecule has 0 saturated carbocycles. The number of hydrogen-bond donors (Lipinski definition) is 0. The summed E-state index contributed by atoms with van der Waals surface area (Å²) < 4.78 is 0. The molecule has 0 amide bonds. The maximum absolute atomic E-state index is 4.83. The Kier molecular flexibility index (Phi) is 2.71. The van der Waals surface area contributed by atoms with Gasteiger partial charge < -0.3 is 0 Å². The van der Waals surface area contributed by atoms with Crippen LogP contribution in [-0.4, -0.2) is 4.98 Å². The lowest BCUT2D eigenvalue weighted by Crippen LogP contribution is -1.87. The van der Waals surface area contributed by atoms with Gasteiger partial charge in [0.05, 0.1) is 11.2 Å². The molecule has 21 heavy (non-hydrogen) atoms. The van der Waals surface area contributed by atoms with Gasteiger partial charge in [0.25, 0.3) is 0 Å². The highest BCUT2D eigenvalue weighted by molar-refractivity contribution is 5.97. The van der Waals surface area contributed by atoms with E-state index in [-0.39, 0.29) is 0 Å². The summed E-state index contributed by atoms with van der Waals surface area (Å²) in [5.74, 6) is 0. The second kappa shape index (κ2) is 4.71. The predicted octanol–water partition coefficient (Wildman–Crippen LogP) is 5.36. The molecule has 1 heterocycles. The van der Waals surface area contributed by atoms with E-state index in [1.807, 2.05) is 12.1 Å². The van der Waals surface area contributed by atoms with Crippen LogP contribution < -0.4 is 0 Å². The van der Waals surface area contributed by atoms with Crippen LogP contribution in [0.3, 0.4) is 0 Å². The van der Waals surface area contributed by atoms with Crippen molar-refractivity contribution in [2.75, 3.05) is 0 Å². The third kappa shape index (κ3) is 2.07. The molecule has 1 aromatic heterocycles. The van der Waals surface area contributed by atoms with Crippen molar-refractivity contribution in [1.29, 1.82) is 0 Å². The standard InChI is InChI=1S/C20H15N/c1-14-9-10-15-6-4-7-17(18(15)13-14)20-12-11-16-5-2-3-8-19(16)21-20/h2-13H,1H3. The van der Waals surface area contributed by atoms with E-state index in [0.29, 0.717) is 0 Å². The van der Waals surface area contributed by atoms with Crippen molar-refractivity contribution >= 4 is 21.7 Å². The second-order valence-corrected chi connectivity index (χ2v) is 5.42. The molecule has 0 spiro atoms. The third-order valence-corrected chi connectivity index (χ3v) is 3.91. The monoisotopic (exact) mass is 269 g/mol. The van der Waals surface area contributed by atoms with Gasteiger partial charge in [-0.1, -0.05) is 66.2 Å². The number of pyridine rings is 1. The zero-order valence-electron chi connectivity index (χ0n) is 11.9. The molecule has 0 saturated heterocycles. The molecule has 4 aromatic rings. The first-order chi connectivity index (χ1) is 10.3. The number of aromatic nitrogens is 1. The van der Waals surface area contributed by atoms with Crippen LogP contribution in [0.25, 0.3) is 32.9 Å². The summed E-state index contributed by atoms with van der Waals surface area (Å²) in [5.41, 5.74) is 4.54. The number of hydrogen-bond acceptors (Lipinski definition) is 1. The first kappa shape index (κ1) is 12.1. The summed E-state index contributed by atoms with van der Waals surface area (Å²) in [6.45, 7) is 2.13. The molecular formula is C20H15N. The Hall–Kier alpha value is -2.67. The van der Waals surface area contributed by atoms with Crippen LogP contribution >= 0.6 is 0 Å². The average Bonchev–Trinajstić information content (AvgIpc) is 2.54. The van der Waals surface area contributed by atoms with E-state index in [9.17, 15) is 0 Å². The number of aryl methyl sites for hydroxylation is 1. The molecular weight excluding hydrogens is 254 g/mol. The summed E-state index contributed by atoms with van der Waals surface area (Å²) in [7, 11) is 0. The fraction of sp³-hybridized carbons (Fsp3) is 0.0500.